The maximum Gasteiger partial charge on any atom is 0.339 e. The molecule has 0 heterocycles. The Hall–Kier alpha value is 0.580. The zero-order chi connectivity index (χ0) is 31.9. The summed E-state index contributed by atoms with van der Waals surface area (Å²) in [5, 5.41) is 25.6. The zero-order valence-electron chi connectivity index (χ0n) is 30.4. The number of nitrogens with zero attached hydrogens (tertiary/aromatic N) is 1. The van der Waals surface area contributed by atoms with Crippen LogP contribution < -0.4 is 30.5 Å². The smallest absolute Gasteiger partial charge is 0.143 e. The van der Waals surface area contributed by atoms with Crippen LogP contribution in [0.1, 0.15) is 177 Å². The molecule has 0 saturated carbocycles. The fourth-order valence-corrected chi connectivity index (χ4v) is 13.5. The van der Waals surface area contributed by atoms with Crippen LogP contribution in [0.5, 0.6) is 0 Å². The van der Waals surface area contributed by atoms with Crippen LogP contribution in [0.15, 0.2) is 0 Å². The molecule has 0 aromatic heterocycles. The van der Waals surface area contributed by atoms with Crippen LogP contribution in [0.25, 0.3) is 0 Å². The maximum atomic E-state index is 4.27. The Morgan fingerprint density at radius 3 is 0.791 bits per heavy atom. The van der Waals surface area contributed by atoms with Crippen molar-refractivity contribution in [3.8, 4) is 0 Å². The highest BCUT2D eigenvalue weighted by Gasteiger charge is 2.62. The number of rotatable bonds is 35. The van der Waals surface area contributed by atoms with Crippen molar-refractivity contribution in [1.29, 1.82) is 0 Å². The molecule has 7 nitrogen and oxygen atoms in total. The number of hydrogen-bond acceptors (Lipinski definition) is 7. The summed E-state index contributed by atoms with van der Waals surface area (Å²) in [4.78, 5) is 0. The van der Waals surface area contributed by atoms with Crippen LogP contribution >= 0.6 is 15.7 Å². The van der Waals surface area contributed by atoms with Gasteiger partial charge in [0.25, 0.3) is 0 Å². The average Bonchev–Trinajstić information content (AvgIpc) is 3.02. The quantitative estimate of drug-likeness (QED) is 0.0301. The predicted octanol–water partition coefficient (Wildman–Crippen LogP) is 10.1. The van der Waals surface area contributed by atoms with E-state index in [1.54, 1.807) is 0 Å². The molecule has 0 bridgehead atoms. The van der Waals surface area contributed by atoms with Crippen molar-refractivity contribution in [3.63, 3.8) is 0 Å². The van der Waals surface area contributed by atoms with Crippen molar-refractivity contribution in [2.45, 2.75) is 177 Å². The summed E-state index contributed by atoms with van der Waals surface area (Å²) in [5.41, 5.74) is 0. The lowest BCUT2D eigenvalue weighted by Gasteiger charge is -2.41. The molecule has 9 heteroatoms. The van der Waals surface area contributed by atoms with E-state index in [9.17, 15) is 0 Å². The van der Waals surface area contributed by atoms with Gasteiger partial charge in [-0.2, -0.15) is 0 Å². The molecule has 0 aromatic rings. The van der Waals surface area contributed by atoms with Crippen LogP contribution in [-0.4, -0.2) is 50.3 Å². The van der Waals surface area contributed by atoms with Gasteiger partial charge in [0, 0.05) is 43.7 Å². The second-order valence-corrected chi connectivity index (χ2v) is 18.1. The standard InChI is InChI=1S/C34H81N7P2/c1-8-15-22-29-36-42(35-28-21-14-7,37-30-23-16-9-2)41(34-27-20-13-6)43(38-31-24-17-10-3,39-32-25-18-11-4)40-33-26-19-12-5/h35-40H,8-34H2,1-7H3/q+2. The minimum atomic E-state index is -2.10. The molecule has 0 unspecified atom stereocenters. The van der Waals surface area contributed by atoms with E-state index in [-0.39, 0.29) is 0 Å². The highest BCUT2D eigenvalue weighted by Crippen LogP contribution is 2.67. The van der Waals surface area contributed by atoms with Crippen molar-refractivity contribution in [3.05, 3.63) is 0 Å². The average molecular weight is 650 g/mol. The minimum Gasteiger partial charge on any atom is -0.143 e. The lowest BCUT2D eigenvalue weighted by molar-refractivity contribution is 0.520. The topological polar surface area (TPSA) is 75.4 Å². The summed E-state index contributed by atoms with van der Waals surface area (Å²) >= 11 is 0. The third kappa shape index (κ3) is 20.4. The summed E-state index contributed by atoms with van der Waals surface area (Å²) in [5.74, 6) is 0. The first-order valence-electron chi connectivity index (χ1n) is 19.1. The molecule has 0 aliphatic heterocycles. The summed E-state index contributed by atoms with van der Waals surface area (Å²) in [6, 6.07) is 0. The van der Waals surface area contributed by atoms with E-state index in [2.05, 4.69) is 83.4 Å². The molecule has 260 valence electrons. The Labute approximate surface area is 272 Å². The van der Waals surface area contributed by atoms with Gasteiger partial charge in [-0.3, -0.25) is 0 Å². The fourth-order valence-electron chi connectivity index (χ4n) is 5.33. The second kappa shape index (κ2) is 31.2. The molecule has 43 heavy (non-hydrogen) atoms. The molecule has 0 aliphatic carbocycles. The van der Waals surface area contributed by atoms with Gasteiger partial charge in [-0.15, -0.1) is 30.5 Å². The molecular formula is C34H81N7P2+2. The lowest BCUT2D eigenvalue weighted by Crippen LogP contribution is -2.56. The molecule has 0 saturated heterocycles. The largest absolute Gasteiger partial charge is 0.339 e. The Bertz CT molecular complexity index is 528. The summed E-state index contributed by atoms with van der Waals surface area (Å²) in [6.07, 6.45) is 25.1. The van der Waals surface area contributed by atoms with Crippen LogP contribution in [0.2, 0.25) is 0 Å². The lowest BCUT2D eigenvalue weighted by atomic mass is 10.3. The van der Waals surface area contributed by atoms with E-state index in [0.717, 1.165) is 45.8 Å². The first-order chi connectivity index (χ1) is 21.1. The van der Waals surface area contributed by atoms with Crippen LogP contribution in [-0.2, 0) is 0 Å². The monoisotopic (exact) mass is 650 g/mol. The molecule has 0 aromatic carbocycles. The highest BCUT2D eigenvalue weighted by molar-refractivity contribution is 7.82. The van der Waals surface area contributed by atoms with Crippen LogP contribution in [0, 0.1) is 0 Å². The van der Waals surface area contributed by atoms with Crippen molar-refractivity contribution in [2.75, 3.05) is 45.8 Å². The van der Waals surface area contributed by atoms with Crippen molar-refractivity contribution < 1.29 is 0 Å². The Kier molecular flexibility index (Phi) is 31.6. The molecule has 0 amide bonds. The highest BCUT2D eigenvalue weighted by atomic mass is 31.3. The van der Waals surface area contributed by atoms with Crippen molar-refractivity contribution >= 4 is 15.7 Å². The van der Waals surface area contributed by atoms with Gasteiger partial charge in [-0.25, -0.2) is 0 Å². The second-order valence-electron chi connectivity index (χ2n) is 12.4. The molecule has 6 N–H and O–H groups in total. The third-order valence-electron chi connectivity index (χ3n) is 8.13. The van der Waals surface area contributed by atoms with Gasteiger partial charge in [-0.1, -0.05) is 132 Å². The molecule has 0 rings (SSSR count). The van der Waals surface area contributed by atoms with E-state index >= 15 is 0 Å². The summed E-state index contributed by atoms with van der Waals surface area (Å²) in [7, 11) is -4.20. The van der Waals surface area contributed by atoms with Gasteiger partial charge in [0.2, 0.25) is 0 Å². The molecule has 0 radical (unpaired) electrons. The Morgan fingerprint density at radius 1 is 0.302 bits per heavy atom. The molecule has 0 spiro atoms. The van der Waals surface area contributed by atoms with E-state index < -0.39 is 15.7 Å². The molecule has 0 fully saturated rings. The third-order valence-corrected chi connectivity index (χ3v) is 15.6. The minimum absolute atomic E-state index is 1.05. The van der Waals surface area contributed by atoms with E-state index in [1.807, 2.05) is 0 Å². The van der Waals surface area contributed by atoms with Crippen molar-refractivity contribution in [1.82, 2.24) is 35.0 Å². The number of nitrogens with one attached hydrogen (secondary N) is 6. The number of unbranched alkanes of at least 4 members (excludes halogenated alkanes) is 13. The molecule has 0 aliphatic rings. The SMILES string of the molecule is CCCCCN[P+](NCCCC)(NCCCCC)N(CCCCC)[P+](NCCCCC)(NCCCCC)NCCCCC. The molecule has 0 atom stereocenters. The first-order valence-corrected chi connectivity index (χ1v) is 22.6. The Balaban J connectivity index is 6.89. The number of hydrogen-bond donors (Lipinski definition) is 6. The summed E-state index contributed by atoms with van der Waals surface area (Å²) in [6.45, 7) is 23.7. The zero-order valence-corrected chi connectivity index (χ0v) is 32.2. The van der Waals surface area contributed by atoms with Crippen LogP contribution in [0.3, 0.4) is 0 Å². The van der Waals surface area contributed by atoms with E-state index in [1.165, 1.54) is 128 Å². The molecular weight excluding hydrogens is 568 g/mol. The van der Waals surface area contributed by atoms with Gasteiger partial charge in [0.1, 0.15) is 0 Å². The summed E-state index contributed by atoms with van der Waals surface area (Å²) < 4.78 is 2.94. The normalized spacial score (nSPS) is 12.6. The maximum absolute atomic E-state index is 4.27. The van der Waals surface area contributed by atoms with Gasteiger partial charge in [-0.05, 0) is 44.9 Å². The fraction of sp³-hybridized carbons (Fsp3) is 1.00. The van der Waals surface area contributed by atoms with E-state index in [4.69, 9.17) is 0 Å². The van der Waals surface area contributed by atoms with Gasteiger partial charge in [0.05, 0.1) is 6.54 Å². The van der Waals surface area contributed by atoms with Gasteiger partial charge < -0.3 is 0 Å². The first kappa shape index (κ1) is 43.6. The van der Waals surface area contributed by atoms with Crippen LogP contribution in [0.4, 0.5) is 0 Å². The Morgan fingerprint density at radius 2 is 0.535 bits per heavy atom. The van der Waals surface area contributed by atoms with Gasteiger partial charge >= 0.3 is 15.7 Å². The van der Waals surface area contributed by atoms with Gasteiger partial charge in [0.15, 0.2) is 0 Å². The van der Waals surface area contributed by atoms with Crippen molar-refractivity contribution in [2.24, 2.45) is 0 Å². The predicted molar refractivity (Wildman–Crippen MR) is 201 cm³/mol. The van der Waals surface area contributed by atoms with E-state index in [0.29, 0.717) is 0 Å².